The first kappa shape index (κ1) is 16.7. The van der Waals surface area contributed by atoms with E-state index in [1.54, 1.807) is 12.1 Å². The van der Waals surface area contributed by atoms with Crippen molar-refractivity contribution in [2.75, 3.05) is 14.1 Å². The molecule has 0 amide bonds. The van der Waals surface area contributed by atoms with Gasteiger partial charge in [0, 0.05) is 16.1 Å². The van der Waals surface area contributed by atoms with Crippen LogP contribution >= 0.6 is 11.6 Å². The quantitative estimate of drug-likeness (QED) is 0.506. The van der Waals surface area contributed by atoms with Gasteiger partial charge in [-0.2, -0.15) is 0 Å². The Labute approximate surface area is 131 Å². The van der Waals surface area contributed by atoms with Crippen LogP contribution in [0.5, 0.6) is 0 Å². The molecule has 3 nitrogen and oxygen atoms in total. The molecular weight excluding hydrogens is 289 g/mol. The van der Waals surface area contributed by atoms with Crippen molar-refractivity contribution < 1.29 is 4.39 Å². The Bertz CT molecular complexity index is 471. The third-order valence-electron chi connectivity index (χ3n) is 4.84. The summed E-state index contributed by atoms with van der Waals surface area (Å²) >= 11 is 5.87. The number of nitrogens with zero attached hydrogens (tertiary/aromatic N) is 1. The molecule has 1 unspecified atom stereocenters. The molecule has 1 aliphatic carbocycles. The summed E-state index contributed by atoms with van der Waals surface area (Å²) in [6.45, 7) is 0. The molecule has 0 spiro atoms. The summed E-state index contributed by atoms with van der Waals surface area (Å²) < 4.78 is 14.4. The predicted molar refractivity (Wildman–Crippen MR) is 85.6 cm³/mol. The fraction of sp³-hybridized carbons (Fsp3) is 0.625. The van der Waals surface area contributed by atoms with Crippen LogP contribution in [0.3, 0.4) is 0 Å². The molecule has 3 N–H and O–H groups in total. The molecule has 1 atom stereocenters. The number of likely N-dealkylation sites (N-methyl/N-ethyl adjacent to an activating group) is 1. The number of hydrogen-bond acceptors (Lipinski definition) is 3. The van der Waals surface area contributed by atoms with Gasteiger partial charge in [-0.3, -0.25) is 11.3 Å². The second-order valence-electron chi connectivity index (χ2n) is 6.18. The molecular formula is C16H25ClFN3. The fourth-order valence-corrected chi connectivity index (χ4v) is 3.76. The third kappa shape index (κ3) is 3.39. The Balaban J connectivity index is 2.44. The van der Waals surface area contributed by atoms with Crippen LogP contribution < -0.4 is 11.3 Å². The second-order valence-corrected chi connectivity index (χ2v) is 6.61. The molecule has 0 heterocycles. The SMILES string of the molecule is CN(C)C1(C(NN)c2ccc(Cl)cc2F)CCCCCC1. The largest absolute Gasteiger partial charge is 0.302 e. The van der Waals surface area contributed by atoms with Gasteiger partial charge in [-0.15, -0.1) is 0 Å². The van der Waals surface area contributed by atoms with Crippen molar-refractivity contribution in [3.63, 3.8) is 0 Å². The summed E-state index contributed by atoms with van der Waals surface area (Å²) in [7, 11) is 4.12. The summed E-state index contributed by atoms with van der Waals surface area (Å²) in [5, 5.41) is 0.409. The highest BCUT2D eigenvalue weighted by molar-refractivity contribution is 6.30. The molecule has 1 aromatic carbocycles. The first-order valence-electron chi connectivity index (χ1n) is 7.60. The number of benzene rings is 1. The van der Waals surface area contributed by atoms with Crippen LogP contribution in [0.1, 0.15) is 50.1 Å². The van der Waals surface area contributed by atoms with Gasteiger partial charge < -0.3 is 4.90 Å². The van der Waals surface area contributed by atoms with E-state index in [4.69, 9.17) is 17.4 Å². The summed E-state index contributed by atoms with van der Waals surface area (Å²) in [6, 6.07) is 4.59. The van der Waals surface area contributed by atoms with Crippen LogP contribution in [-0.2, 0) is 0 Å². The number of hydrazine groups is 1. The first-order valence-corrected chi connectivity index (χ1v) is 7.97. The lowest BCUT2D eigenvalue weighted by Gasteiger charge is -2.45. The molecule has 1 fully saturated rings. The average molecular weight is 314 g/mol. The van der Waals surface area contributed by atoms with Crippen LogP contribution in [0.4, 0.5) is 4.39 Å². The highest BCUT2D eigenvalue weighted by atomic mass is 35.5. The Morgan fingerprint density at radius 3 is 2.33 bits per heavy atom. The van der Waals surface area contributed by atoms with E-state index in [2.05, 4.69) is 24.4 Å². The Morgan fingerprint density at radius 1 is 1.24 bits per heavy atom. The molecule has 0 saturated heterocycles. The molecule has 0 aliphatic heterocycles. The Hall–Kier alpha value is -0.680. The van der Waals surface area contributed by atoms with E-state index in [9.17, 15) is 4.39 Å². The number of rotatable bonds is 4. The highest BCUT2D eigenvalue weighted by Crippen LogP contribution is 2.41. The first-order chi connectivity index (χ1) is 10.0. The monoisotopic (exact) mass is 313 g/mol. The average Bonchev–Trinajstić information content (AvgIpc) is 2.69. The van der Waals surface area contributed by atoms with Gasteiger partial charge in [-0.05, 0) is 39.1 Å². The van der Waals surface area contributed by atoms with Crippen LogP contribution in [-0.4, -0.2) is 24.5 Å². The minimum absolute atomic E-state index is 0.167. The van der Waals surface area contributed by atoms with Crippen molar-refractivity contribution in [2.24, 2.45) is 5.84 Å². The smallest absolute Gasteiger partial charge is 0.129 e. The lowest BCUT2D eigenvalue weighted by atomic mass is 9.78. The summed E-state index contributed by atoms with van der Waals surface area (Å²) in [5.41, 5.74) is 3.30. The maximum Gasteiger partial charge on any atom is 0.129 e. The molecule has 1 saturated carbocycles. The lowest BCUT2D eigenvalue weighted by Crippen LogP contribution is -2.55. The molecule has 21 heavy (non-hydrogen) atoms. The number of nitrogens with one attached hydrogen (secondary N) is 1. The molecule has 2 rings (SSSR count). The van der Waals surface area contributed by atoms with E-state index in [0.29, 0.717) is 10.6 Å². The molecule has 0 radical (unpaired) electrons. The van der Waals surface area contributed by atoms with Gasteiger partial charge in [0.25, 0.3) is 0 Å². The zero-order chi connectivity index (χ0) is 15.5. The number of halogens is 2. The topological polar surface area (TPSA) is 41.3 Å². The molecule has 118 valence electrons. The normalized spacial score (nSPS) is 20.3. The van der Waals surface area contributed by atoms with E-state index in [1.807, 2.05) is 0 Å². The second kappa shape index (κ2) is 7.05. The summed E-state index contributed by atoms with van der Waals surface area (Å²) in [4.78, 5) is 2.21. The van der Waals surface area contributed by atoms with Crippen molar-refractivity contribution in [3.05, 3.63) is 34.6 Å². The van der Waals surface area contributed by atoms with E-state index < -0.39 is 0 Å². The van der Waals surface area contributed by atoms with Crippen molar-refractivity contribution in [2.45, 2.75) is 50.1 Å². The maximum atomic E-state index is 14.4. The highest BCUT2D eigenvalue weighted by Gasteiger charge is 2.42. The minimum atomic E-state index is -0.295. The van der Waals surface area contributed by atoms with Crippen molar-refractivity contribution in [1.82, 2.24) is 10.3 Å². The van der Waals surface area contributed by atoms with Gasteiger partial charge in [0.15, 0.2) is 0 Å². The lowest BCUT2D eigenvalue weighted by molar-refractivity contribution is 0.0784. The number of hydrogen-bond donors (Lipinski definition) is 2. The third-order valence-corrected chi connectivity index (χ3v) is 5.07. The van der Waals surface area contributed by atoms with Crippen LogP contribution in [0.2, 0.25) is 5.02 Å². The van der Waals surface area contributed by atoms with E-state index in [1.165, 1.54) is 18.9 Å². The maximum absolute atomic E-state index is 14.4. The van der Waals surface area contributed by atoms with Gasteiger partial charge in [0.2, 0.25) is 0 Å². The van der Waals surface area contributed by atoms with Crippen molar-refractivity contribution >= 4 is 11.6 Å². The van der Waals surface area contributed by atoms with E-state index in [-0.39, 0.29) is 17.4 Å². The molecule has 5 heteroatoms. The molecule has 0 aromatic heterocycles. The number of nitrogens with two attached hydrogens (primary N) is 1. The standard InChI is InChI=1S/C16H25ClFN3/c1-21(2)16(9-5-3-4-6-10-16)15(20-19)13-8-7-12(17)11-14(13)18/h7-8,11,15,20H,3-6,9-10,19H2,1-2H3. The fourth-order valence-electron chi connectivity index (χ4n) is 3.60. The predicted octanol–water partition coefficient (Wildman–Crippen LogP) is 3.64. The van der Waals surface area contributed by atoms with E-state index >= 15 is 0 Å². The van der Waals surface area contributed by atoms with E-state index in [0.717, 1.165) is 25.7 Å². The summed E-state index contributed by atoms with van der Waals surface area (Å²) in [5.74, 6) is 5.54. The van der Waals surface area contributed by atoms with Crippen LogP contribution in [0.25, 0.3) is 0 Å². The van der Waals surface area contributed by atoms with Crippen molar-refractivity contribution in [3.8, 4) is 0 Å². The van der Waals surface area contributed by atoms with Crippen LogP contribution in [0.15, 0.2) is 18.2 Å². The molecule has 0 bridgehead atoms. The van der Waals surface area contributed by atoms with Gasteiger partial charge in [-0.1, -0.05) is 43.4 Å². The van der Waals surface area contributed by atoms with Gasteiger partial charge >= 0.3 is 0 Å². The van der Waals surface area contributed by atoms with Gasteiger partial charge in [-0.25, -0.2) is 4.39 Å². The van der Waals surface area contributed by atoms with Gasteiger partial charge in [0.1, 0.15) is 5.82 Å². The molecule has 1 aromatic rings. The van der Waals surface area contributed by atoms with Crippen LogP contribution in [0, 0.1) is 5.82 Å². The minimum Gasteiger partial charge on any atom is -0.302 e. The van der Waals surface area contributed by atoms with Crippen molar-refractivity contribution in [1.29, 1.82) is 0 Å². The Morgan fingerprint density at radius 2 is 1.86 bits per heavy atom. The Kier molecular flexibility index (Phi) is 5.60. The summed E-state index contributed by atoms with van der Waals surface area (Å²) in [6.07, 6.45) is 6.77. The molecule has 1 aliphatic rings. The van der Waals surface area contributed by atoms with Gasteiger partial charge in [0.05, 0.1) is 6.04 Å². The zero-order valence-corrected chi connectivity index (χ0v) is 13.6. The zero-order valence-electron chi connectivity index (χ0n) is 12.8.